The van der Waals surface area contributed by atoms with E-state index in [1.165, 1.54) is 10.2 Å². The first kappa shape index (κ1) is 16.5. The van der Waals surface area contributed by atoms with E-state index in [1.807, 2.05) is 0 Å². The van der Waals surface area contributed by atoms with Gasteiger partial charge in [0.1, 0.15) is 0 Å². The standard InChI is InChI=1S/C3H7O.C3H9Si.Mg/c2*1-3(2)4;/h3H,1-2H3;1-2,4H3;/q2*-1;+2. The maximum absolute atomic E-state index is 9.53. The molecule has 0 rings (SSSR count). The topological polar surface area (TPSA) is 23.1 Å². The first-order valence-corrected chi connectivity index (χ1v) is 3.89. The van der Waals surface area contributed by atoms with Crippen LogP contribution in [0.1, 0.15) is 27.7 Å². The zero-order valence-electron chi connectivity index (χ0n) is 7.19. The summed E-state index contributed by atoms with van der Waals surface area (Å²) in [6.07, 6.45) is -0.417. The predicted molar refractivity (Wildman–Crippen MR) is 45.4 cm³/mol. The zero-order valence-corrected chi connectivity index (χ0v) is 10.6. The van der Waals surface area contributed by atoms with Crippen molar-refractivity contribution in [3.05, 3.63) is 5.54 Å². The molecule has 0 aromatic carbocycles. The van der Waals surface area contributed by atoms with Gasteiger partial charge in [-0.25, -0.2) is 0 Å². The molecule has 0 aliphatic heterocycles. The smallest absolute Gasteiger partial charge is 0.852 e. The molecule has 0 saturated carbocycles. The summed E-state index contributed by atoms with van der Waals surface area (Å²) in [5.74, 6) is 0. The van der Waals surface area contributed by atoms with E-state index in [0.717, 1.165) is 0 Å². The van der Waals surface area contributed by atoms with Gasteiger partial charge in [-0.1, -0.05) is 13.8 Å². The third kappa shape index (κ3) is 485. The molecule has 0 heterocycles. The average molecular weight is 157 g/mol. The van der Waals surface area contributed by atoms with E-state index in [9.17, 15) is 5.11 Å². The minimum Gasteiger partial charge on any atom is -0.852 e. The van der Waals surface area contributed by atoms with Gasteiger partial charge in [-0.15, -0.1) is 16.3 Å². The molecule has 0 bridgehead atoms. The molecule has 1 nitrogen and oxygen atoms in total. The summed E-state index contributed by atoms with van der Waals surface area (Å²) in [5, 5.41) is 9.53. The Balaban J connectivity index is -0.0000000720. The van der Waals surface area contributed by atoms with Crippen LogP contribution in [-0.4, -0.2) is 39.4 Å². The van der Waals surface area contributed by atoms with Crippen molar-refractivity contribution in [1.82, 2.24) is 0 Å². The third-order valence-corrected chi connectivity index (χ3v) is 0. The first-order chi connectivity index (χ1) is 3.46. The van der Waals surface area contributed by atoms with Crippen molar-refractivity contribution in [1.29, 1.82) is 0 Å². The normalized spacial score (nSPS) is 8.33. The van der Waals surface area contributed by atoms with E-state index >= 15 is 0 Å². The van der Waals surface area contributed by atoms with Crippen molar-refractivity contribution in [2.75, 3.05) is 0 Å². The van der Waals surface area contributed by atoms with Crippen molar-refractivity contribution in [3.8, 4) is 0 Å². The molecular formula is C6H16MgOSi. The second-order valence-electron chi connectivity index (χ2n) is 2.55. The Morgan fingerprint density at radius 2 is 1.33 bits per heavy atom. The Morgan fingerprint density at radius 3 is 1.33 bits per heavy atom. The third-order valence-electron chi connectivity index (χ3n) is 0. The molecule has 0 spiro atoms. The number of hydrogen-bond acceptors (Lipinski definition) is 1. The SMILES string of the molecule is CC(C)[O-].C[C-](C)[SiH3].[Mg+2]. The largest absolute Gasteiger partial charge is 2.00 e. The molecule has 0 amide bonds. The van der Waals surface area contributed by atoms with Crippen LogP contribution in [0, 0.1) is 5.54 Å². The maximum Gasteiger partial charge on any atom is 2.00 e. The number of rotatable bonds is 0. The summed E-state index contributed by atoms with van der Waals surface area (Å²) in [4.78, 5) is 0. The van der Waals surface area contributed by atoms with Gasteiger partial charge in [0.2, 0.25) is 0 Å². The number of hydrogen-bond donors (Lipinski definition) is 0. The molecule has 9 heavy (non-hydrogen) atoms. The van der Waals surface area contributed by atoms with Gasteiger partial charge in [0.05, 0.1) is 0 Å². The van der Waals surface area contributed by atoms with Crippen molar-refractivity contribution < 1.29 is 5.11 Å². The minimum atomic E-state index is -0.417. The van der Waals surface area contributed by atoms with Crippen molar-refractivity contribution >= 4 is 33.3 Å². The average Bonchev–Trinajstić information content (AvgIpc) is 1.25. The van der Waals surface area contributed by atoms with Crippen molar-refractivity contribution in [2.24, 2.45) is 0 Å². The Labute approximate surface area is 77.8 Å². The Morgan fingerprint density at radius 1 is 1.33 bits per heavy atom. The molecular weight excluding hydrogens is 140 g/mol. The molecule has 0 aliphatic rings. The molecule has 52 valence electrons. The first-order valence-electron chi connectivity index (χ1n) is 2.89. The van der Waals surface area contributed by atoms with Crippen LogP contribution in [0.3, 0.4) is 0 Å². The van der Waals surface area contributed by atoms with Gasteiger partial charge in [-0.3, -0.25) is 0 Å². The monoisotopic (exact) mass is 156 g/mol. The Bertz CT molecular complexity index is 28.5. The predicted octanol–water partition coefficient (Wildman–Crippen LogP) is -0.702. The fourth-order valence-electron chi connectivity index (χ4n) is 0. The second-order valence-corrected chi connectivity index (χ2v) is 4.55. The van der Waals surface area contributed by atoms with E-state index < -0.39 is 6.10 Å². The molecule has 0 aromatic heterocycles. The van der Waals surface area contributed by atoms with Crippen LogP contribution in [0.5, 0.6) is 0 Å². The molecule has 0 fully saturated rings. The van der Waals surface area contributed by atoms with Gasteiger partial charge in [-0.2, -0.15) is 13.8 Å². The van der Waals surface area contributed by atoms with Crippen LogP contribution in [0.4, 0.5) is 0 Å². The van der Waals surface area contributed by atoms with E-state index in [1.54, 1.807) is 19.4 Å². The summed E-state index contributed by atoms with van der Waals surface area (Å²) >= 11 is 0. The van der Waals surface area contributed by atoms with Gasteiger partial charge in [0, 0.05) is 0 Å². The van der Waals surface area contributed by atoms with Crippen molar-refractivity contribution in [2.45, 2.75) is 33.8 Å². The van der Waals surface area contributed by atoms with Crippen LogP contribution >= 0.6 is 0 Å². The quantitative estimate of drug-likeness (QED) is 0.336. The van der Waals surface area contributed by atoms with Gasteiger partial charge in [0.15, 0.2) is 0 Å². The summed E-state index contributed by atoms with van der Waals surface area (Å²) in [6.45, 7) is 7.51. The van der Waals surface area contributed by atoms with Gasteiger partial charge >= 0.3 is 23.1 Å². The zero-order chi connectivity index (χ0) is 7.15. The molecule has 3 heteroatoms. The summed E-state index contributed by atoms with van der Waals surface area (Å²) < 4.78 is 0. The fraction of sp³-hybridized carbons (Fsp3) is 0.833. The van der Waals surface area contributed by atoms with E-state index in [-0.39, 0.29) is 23.1 Å². The molecule has 0 aliphatic carbocycles. The molecule has 0 saturated heterocycles. The molecule has 0 radical (unpaired) electrons. The van der Waals surface area contributed by atoms with E-state index in [0.29, 0.717) is 0 Å². The van der Waals surface area contributed by atoms with E-state index in [2.05, 4.69) is 13.8 Å². The molecule has 0 aromatic rings. The van der Waals surface area contributed by atoms with Crippen molar-refractivity contribution in [3.63, 3.8) is 0 Å². The Kier molecular flexibility index (Phi) is 21.5. The maximum atomic E-state index is 9.53. The van der Waals surface area contributed by atoms with Crippen LogP contribution in [0.15, 0.2) is 0 Å². The van der Waals surface area contributed by atoms with Crippen LogP contribution < -0.4 is 5.11 Å². The fourth-order valence-corrected chi connectivity index (χ4v) is 0. The van der Waals surface area contributed by atoms with Gasteiger partial charge in [0.25, 0.3) is 0 Å². The minimum absolute atomic E-state index is 0. The molecule has 0 atom stereocenters. The summed E-state index contributed by atoms with van der Waals surface area (Å²) in [6, 6.07) is 0. The second kappa shape index (κ2) is 11.7. The van der Waals surface area contributed by atoms with Gasteiger partial charge < -0.3 is 10.6 Å². The summed E-state index contributed by atoms with van der Waals surface area (Å²) in [5.41, 5.74) is 1.56. The van der Waals surface area contributed by atoms with Gasteiger partial charge in [-0.05, 0) is 0 Å². The molecule has 0 unspecified atom stereocenters. The van der Waals surface area contributed by atoms with E-state index in [4.69, 9.17) is 0 Å². The molecule has 0 N–H and O–H groups in total. The summed E-state index contributed by atoms with van der Waals surface area (Å²) in [7, 11) is 1.27. The van der Waals surface area contributed by atoms with Crippen LogP contribution in [-0.2, 0) is 0 Å². The van der Waals surface area contributed by atoms with Crippen LogP contribution in [0.25, 0.3) is 0 Å². The Hall–Kier alpha value is 0.943. The van der Waals surface area contributed by atoms with Crippen LogP contribution in [0.2, 0.25) is 0 Å².